The Bertz CT molecular complexity index is 436. The highest BCUT2D eigenvalue weighted by atomic mass is 19.3. The molecule has 1 amide bonds. The average molecular weight is 287 g/mol. The van der Waals surface area contributed by atoms with Crippen LogP contribution < -0.4 is 5.32 Å². The maximum atomic E-state index is 13.2. The van der Waals surface area contributed by atoms with Crippen LogP contribution in [0.2, 0.25) is 0 Å². The number of allylic oxidation sites excluding steroid dienone is 1. The minimum Gasteiger partial charge on any atom is -0.480 e. The second kappa shape index (κ2) is 5.50. The largest absolute Gasteiger partial charge is 0.480 e. The predicted molar refractivity (Wildman–Crippen MR) is 68.5 cm³/mol. The predicted octanol–water partition coefficient (Wildman–Crippen LogP) is 2.64. The van der Waals surface area contributed by atoms with Gasteiger partial charge in [0.25, 0.3) is 0 Å². The van der Waals surface area contributed by atoms with Crippen LogP contribution in [-0.4, -0.2) is 28.4 Å². The Morgan fingerprint density at radius 3 is 2.40 bits per heavy atom. The summed E-state index contributed by atoms with van der Waals surface area (Å²) in [4.78, 5) is 23.3. The van der Waals surface area contributed by atoms with Crippen LogP contribution in [0, 0.1) is 0 Å². The minimum absolute atomic E-state index is 0.172. The Balaban J connectivity index is 1.99. The highest BCUT2D eigenvalue weighted by Crippen LogP contribution is 2.38. The van der Waals surface area contributed by atoms with Gasteiger partial charge in [0.15, 0.2) is 0 Å². The molecule has 2 aliphatic carbocycles. The Morgan fingerprint density at radius 1 is 1.25 bits per heavy atom. The van der Waals surface area contributed by atoms with Crippen LogP contribution in [-0.2, 0) is 9.59 Å². The van der Waals surface area contributed by atoms with Crippen molar-refractivity contribution in [3.8, 4) is 0 Å². The third kappa shape index (κ3) is 3.35. The summed E-state index contributed by atoms with van der Waals surface area (Å²) in [6.45, 7) is 0. The summed E-state index contributed by atoms with van der Waals surface area (Å²) >= 11 is 0. The fourth-order valence-corrected chi connectivity index (χ4v) is 2.85. The van der Waals surface area contributed by atoms with Crippen LogP contribution in [0.15, 0.2) is 11.6 Å². The van der Waals surface area contributed by atoms with Gasteiger partial charge in [0.2, 0.25) is 11.8 Å². The Labute approximate surface area is 116 Å². The minimum atomic E-state index is -2.82. The number of rotatable bonds is 4. The quantitative estimate of drug-likeness (QED) is 0.781. The highest BCUT2D eigenvalue weighted by Gasteiger charge is 2.48. The van der Waals surface area contributed by atoms with Crippen LogP contribution in [0.3, 0.4) is 0 Å². The smallest absolute Gasteiger partial charge is 0.329 e. The van der Waals surface area contributed by atoms with Crippen LogP contribution in [0.5, 0.6) is 0 Å². The lowest BCUT2D eigenvalue weighted by molar-refractivity contribution is -0.153. The van der Waals surface area contributed by atoms with Crippen LogP contribution >= 0.6 is 0 Å². The van der Waals surface area contributed by atoms with Crippen molar-refractivity contribution in [3.05, 3.63) is 11.6 Å². The van der Waals surface area contributed by atoms with E-state index < -0.39 is 30.3 Å². The first kappa shape index (κ1) is 14.9. The molecule has 0 heterocycles. The van der Waals surface area contributed by atoms with E-state index in [0.29, 0.717) is 0 Å². The van der Waals surface area contributed by atoms with E-state index >= 15 is 0 Å². The van der Waals surface area contributed by atoms with Crippen molar-refractivity contribution in [3.63, 3.8) is 0 Å². The average Bonchev–Trinajstić information content (AvgIpc) is 2.84. The normalized spacial score (nSPS) is 24.0. The molecule has 6 heteroatoms. The zero-order chi connectivity index (χ0) is 14.8. The van der Waals surface area contributed by atoms with Gasteiger partial charge in [0, 0.05) is 19.3 Å². The first-order valence-electron chi connectivity index (χ1n) is 6.93. The van der Waals surface area contributed by atoms with E-state index in [4.69, 9.17) is 0 Å². The van der Waals surface area contributed by atoms with Gasteiger partial charge in [-0.1, -0.05) is 11.6 Å². The molecule has 2 rings (SSSR count). The van der Waals surface area contributed by atoms with Gasteiger partial charge in [0.1, 0.15) is 5.54 Å². The van der Waals surface area contributed by atoms with Crippen molar-refractivity contribution in [1.29, 1.82) is 0 Å². The molecule has 4 nitrogen and oxygen atoms in total. The topological polar surface area (TPSA) is 66.4 Å². The van der Waals surface area contributed by atoms with Gasteiger partial charge in [-0.3, -0.25) is 4.79 Å². The Morgan fingerprint density at radius 2 is 1.90 bits per heavy atom. The van der Waals surface area contributed by atoms with E-state index in [1.807, 2.05) is 6.08 Å². The van der Waals surface area contributed by atoms with Gasteiger partial charge in [0.05, 0.1) is 0 Å². The first-order valence-corrected chi connectivity index (χ1v) is 6.93. The summed E-state index contributed by atoms with van der Waals surface area (Å²) in [6.07, 6.45) is 3.53. The van der Waals surface area contributed by atoms with Crippen molar-refractivity contribution >= 4 is 11.9 Å². The van der Waals surface area contributed by atoms with Crippen LogP contribution in [0.25, 0.3) is 0 Å². The molecular weight excluding hydrogens is 268 g/mol. The van der Waals surface area contributed by atoms with Crippen molar-refractivity contribution in [1.82, 2.24) is 5.32 Å². The molecule has 0 aromatic heterocycles. The molecular formula is C14H19F2NO3. The van der Waals surface area contributed by atoms with Crippen LogP contribution in [0.4, 0.5) is 8.78 Å². The number of hydrogen-bond donors (Lipinski definition) is 2. The van der Waals surface area contributed by atoms with E-state index in [1.54, 1.807) is 0 Å². The molecule has 112 valence electrons. The van der Waals surface area contributed by atoms with Crippen molar-refractivity contribution in [2.45, 2.75) is 62.8 Å². The maximum absolute atomic E-state index is 13.2. The molecule has 2 N–H and O–H groups in total. The van der Waals surface area contributed by atoms with Gasteiger partial charge in [-0.15, -0.1) is 0 Å². The van der Waals surface area contributed by atoms with Crippen molar-refractivity contribution in [2.75, 3.05) is 0 Å². The molecule has 0 aromatic carbocycles. The second-order valence-electron chi connectivity index (χ2n) is 5.72. The standard InChI is InChI=1S/C14H19F2NO3/c15-14(16)7-5-13(6-8-14,12(19)20)17-11(18)9-10-3-1-2-4-10/h3H,1-2,4-9H2,(H,17,18)(H,19,20). The van der Waals surface area contributed by atoms with Crippen molar-refractivity contribution in [2.24, 2.45) is 0 Å². The summed E-state index contributed by atoms with van der Waals surface area (Å²) in [6, 6.07) is 0. The fraction of sp³-hybridized carbons (Fsp3) is 0.714. The number of amides is 1. The third-order valence-electron chi connectivity index (χ3n) is 4.15. The summed E-state index contributed by atoms with van der Waals surface area (Å²) < 4.78 is 26.3. The molecule has 20 heavy (non-hydrogen) atoms. The zero-order valence-corrected chi connectivity index (χ0v) is 11.3. The second-order valence-corrected chi connectivity index (χ2v) is 5.72. The van der Waals surface area contributed by atoms with E-state index in [0.717, 1.165) is 24.8 Å². The van der Waals surface area contributed by atoms with E-state index in [9.17, 15) is 23.5 Å². The van der Waals surface area contributed by atoms with Gasteiger partial charge >= 0.3 is 5.97 Å². The number of aliphatic carboxylic acids is 1. The third-order valence-corrected chi connectivity index (χ3v) is 4.15. The summed E-state index contributed by atoms with van der Waals surface area (Å²) in [5.41, 5.74) is -0.526. The SMILES string of the molecule is O=C(CC1=CCCC1)NC1(C(=O)O)CCC(F)(F)CC1. The van der Waals surface area contributed by atoms with E-state index in [2.05, 4.69) is 5.32 Å². The van der Waals surface area contributed by atoms with Gasteiger partial charge in [-0.25, -0.2) is 13.6 Å². The monoisotopic (exact) mass is 287 g/mol. The molecule has 0 bridgehead atoms. The lowest BCUT2D eigenvalue weighted by atomic mass is 9.79. The van der Waals surface area contributed by atoms with Crippen LogP contribution in [0.1, 0.15) is 51.4 Å². The van der Waals surface area contributed by atoms with Gasteiger partial charge in [-0.2, -0.15) is 0 Å². The molecule has 0 atom stereocenters. The lowest BCUT2D eigenvalue weighted by Crippen LogP contribution is -2.57. The molecule has 0 radical (unpaired) electrons. The molecule has 0 aromatic rings. The number of carboxylic acids is 1. The van der Waals surface area contributed by atoms with Gasteiger partial charge < -0.3 is 10.4 Å². The van der Waals surface area contributed by atoms with E-state index in [-0.39, 0.29) is 25.2 Å². The van der Waals surface area contributed by atoms with Crippen molar-refractivity contribution < 1.29 is 23.5 Å². The molecule has 0 saturated heterocycles. The number of carboxylic acid groups (broad SMARTS) is 1. The lowest BCUT2D eigenvalue weighted by Gasteiger charge is -2.37. The first-order chi connectivity index (χ1) is 9.33. The molecule has 0 aliphatic heterocycles. The number of carbonyl (C=O) groups excluding carboxylic acids is 1. The summed E-state index contributed by atoms with van der Waals surface area (Å²) in [5, 5.41) is 11.8. The fourth-order valence-electron chi connectivity index (χ4n) is 2.85. The van der Waals surface area contributed by atoms with Gasteiger partial charge in [-0.05, 0) is 32.1 Å². The molecule has 1 saturated carbocycles. The maximum Gasteiger partial charge on any atom is 0.329 e. The molecule has 0 unspecified atom stereocenters. The number of halogens is 2. The summed E-state index contributed by atoms with van der Waals surface area (Å²) in [5.74, 6) is -4.43. The number of carbonyl (C=O) groups is 2. The Hall–Kier alpha value is -1.46. The molecule has 2 aliphatic rings. The number of hydrogen-bond acceptors (Lipinski definition) is 2. The highest BCUT2D eigenvalue weighted by molar-refractivity contribution is 5.88. The Kier molecular flexibility index (Phi) is 4.11. The summed E-state index contributed by atoms with van der Waals surface area (Å²) in [7, 11) is 0. The molecule has 0 spiro atoms. The number of nitrogens with one attached hydrogen (secondary N) is 1. The van der Waals surface area contributed by atoms with E-state index in [1.165, 1.54) is 0 Å². The number of alkyl halides is 2. The zero-order valence-electron chi connectivity index (χ0n) is 11.3. The molecule has 1 fully saturated rings.